The van der Waals surface area contributed by atoms with Gasteiger partial charge < -0.3 is 14.7 Å². The minimum Gasteiger partial charge on any atom is -0.497 e. The third-order valence-electron chi connectivity index (χ3n) is 4.84. The van der Waals surface area contributed by atoms with Crippen LogP contribution in [0, 0.1) is 5.92 Å². The Labute approximate surface area is 125 Å². The molecule has 4 heteroatoms. The Morgan fingerprint density at radius 2 is 1.86 bits per heavy atom. The molecule has 1 amide bonds. The van der Waals surface area contributed by atoms with Crippen molar-refractivity contribution in [2.75, 3.05) is 12.0 Å². The summed E-state index contributed by atoms with van der Waals surface area (Å²) in [5.41, 5.74) is 0.854. The first-order valence-electron chi connectivity index (χ1n) is 7.86. The van der Waals surface area contributed by atoms with Crippen molar-refractivity contribution >= 4 is 11.6 Å². The van der Waals surface area contributed by atoms with Gasteiger partial charge in [-0.05, 0) is 36.6 Å². The summed E-state index contributed by atoms with van der Waals surface area (Å²) in [4.78, 5) is 13.8. The van der Waals surface area contributed by atoms with Gasteiger partial charge in [0.25, 0.3) is 5.91 Å². The summed E-state index contributed by atoms with van der Waals surface area (Å²) >= 11 is 0. The highest BCUT2D eigenvalue weighted by atomic mass is 16.5. The number of benzene rings is 1. The molecule has 114 valence electrons. The maximum Gasteiger partial charge on any atom is 0.258 e. The summed E-state index contributed by atoms with van der Waals surface area (Å²) in [6.45, 7) is 0. The summed E-state index contributed by atoms with van der Waals surface area (Å²) in [5.74, 6) is 1.24. The molecule has 1 heterocycles. The van der Waals surface area contributed by atoms with E-state index in [4.69, 9.17) is 4.74 Å². The van der Waals surface area contributed by atoms with Gasteiger partial charge in [-0.2, -0.15) is 0 Å². The smallest absolute Gasteiger partial charge is 0.258 e. The van der Waals surface area contributed by atoms with Crippen LogP contribution in [0.15, 0.2) is 24.3 Å². The van der Waals surface area contributed by atoms with Crippen molar-refractivity contribution in [3.8, 4) is 5.75 Å². The van der Waals surface area contributed by atoms with Gasteiger partial charge >= 0.3 is 0 Å². The number of nitrogens with zero attached hydrogens (tertiary/aromatic N) is 1. The number of carbonyl (C=O) groups excluding carboxylic acids is 1. The maximum absolute atomic E-state index is 12.0. The van der Waals surface area contributed by atoms with Gasteiger partial charge in [0.2, 0.25) is 0 Å². The van der Waals surface area contributed by atoms with Crippen molar-refractivity contribution in [2.24, 2.45) is 5.92 Å². The van der Waals surface area contributed by atoms with Crippen molar-refractivity contribution in [3.63, 3.8) is 0 Å². The molecule has 21 heavy (non-hydrogen) atoms. The number of ether oxygens (including phenoxy) is 1. The number of hydrogen-bond acceptors (Lipinski definition) is 3. The Balaban J connectivity index is 1.71. The number of carbonyl (C=O) groups is 1. The second-order valence-corrected chi connectivity index (χ2v) is 6.16. The lowest BCUT2D eigenvalue weighted by Gasteiger charge is -2.46. The number of amides is 1. The third-order valence-corrected chi connectivity index (χ3v) is 4.84. The second-order valence-electron chi connectivity index (χ2n) is 6.16. The maximum atomic E-state index is 12.0. The molecule has 1 aliphatic carbocycles. The van der Waals surface area contributed by atoms with Crippen LogP contribution < -0.4 is 9.64 Å². The number of rotatable bonds is 4. The molecule has 1 aromatic carbocycles. The standard InChI is InChI=1S/C17H23NO3/c1-21-14-9-7-13(8-10-14)18-15(16(19)17(18)20)11-12-5-3-2-4-6-12/h7-10,12,15-16,19H,2-6,11H2,1H3/t15-,16+/m0/s1. The first kappa shape index (κ1) is 14.4. The van der Waals surface area contributed by atoms with Gasteiger partial charge in [0.05, 0.1) is 13.2 Å². The fourth-order valence-corrected chi connectivity index (χ4v) is 3.59. The molecule has 0 bridgehead atoms. The van der Waals surface area contributed by atoms with Crippen LogP contribution in [0.2, 0.25) is 0 Å². The van der Waals surface area contributed by atoms with E-state index in [-0.39, 0.29) is 11.9 Å². The average molecular weight is 289 g/mol. The highest BCUT2D eigenvalue weighted by molar-refractivity contribution is 6.04. The van der Waals surface area contributed by atoms with Crippen LogP contribution in [0.3, 0.4) is 0 Å². The van der Waals surface area contributed by atoms with Gasteiger partial charge in [0, 0.05) is 5.69 Å². The Hall–Kier alpha value is -1.55. The number of aliphatic hydroxyl groups is 1. The molecule has 1 saturated carbocycles. The van der Waals surface area contributed by atoms with E-state index in [0.29, 0.717) is 5.92 Å². The largest absolute Gasteiger partial charge is 0.497 e. The van der Waals surface area contributed by atoms with Crippen molar-refractivity contribution in [1.29, 1.82) is 0 Å². The minimum atomic E-state index is -0.825. The zero-order valence-electron chi connectivity index (χ0n) is 12.5. The molecule has 0 radical (unpaired) electrons. The van der Waals surface area contributed by atoms with Crippen molar-refractivity contribution in [3.05, 3.63) is 24.3 Å². The molecular weight excluding hydrogens is 266 g/mol. The molecule has 0 unspecified atom stereocenters. The van der Waals surface area contributed by atoms with Gasteiger partial charge in [-0.25, -0.2) is 0 Å². The minimum absolute atomic E-state index is 0.0611. The summed E-state index contributed by atoms with van der Waals surface area (Å²) in [5, 5.41) is 10.0. The molecule has 2 fully saturated rings. The van der Waals surface area contributed by atoms with Gasteiger partial charge in [-0.15, -0.1) is 0 Å². The molecule has 3 rings (SSSR count). The Kier molecular flexibility index (Phi) is 4.15. The molecule has 4 nitrogen and oxygen atoms in total. The second kappa shape index (κ2) is 6.06. The molecular formula is C17H23NO3. The topological polar surface area (TPSA) is 49.8 Å². The SMILES string of the molecule is COc1ccc(N2C(=O)[C@H](O)[C@@H]2CC2CCCCC2)cc1. The molecule has 0 aromatic heterocycles. The summed E-state index contributed by atoms with van der Waals surface area (Å²) in [6.07, 6.45) is 6.44. The predicted octanol–water partition coefficient (Wildman–Crippen LogP) is 2.74. The van der Waals surface area contributed by atoms with Gasteiger partial charge in [0.15, 0.2) is 6.10 Å². The predicted molar refractivity (Wildman–Crippen MR) is 81.5 cm³/mol. The van der Waals surface area contributed by atoms with Gasteiger partial charge in [-0.1, -0.05) is 32.1 Å². The number of anilines is 1. The molecule has 1 N–H and O–H groups in total. The Morgan fingerprint density at radius 3 is 2.48 bits per heavy atom. The molecule has 1 aliphatic heterocycles. The van der Waals surface area contributed by atoms with Crippen LogP contribution in [0.25, 0.3) is 0 Å². The quantitative estimate of drug-likeness (QED) is 0.867. The van der Waals surface area contributed by atoms with E-state index in [9.17, 15) is 9.90 Å². The zero-order chi connectivity index (χ0) is 14.8. The van der Waals surface area contributed by atoms with Crippen LogP contribution in [0.5, 0.6) is 5.75 Å². The van der Waals surface area contributed by atoms with Crippen molar-refractivity contribution < 1.29 is 14.6 Å². The molecule has 2 aliphatic rings. The number of hydrogen-bond donors (Lipinski definition) is 1. The fourth-order valence-electron chi connectivity index (χ4n) is 3.59. The molecule has 1 saturated heterocycles. The first-order chi connectivity index (χ1) is 10.2. The van der Waals surface area contributed by atoms with Crippen LogP contribution in [0.4, 0.5) is 5.69 Å². The number of aliphatic hydroxyl groups excluding tert-OH is 1. The lowest BCUT2D eigenvalue weighted by molar-refractivity contribution is -0.137. The highest BCUT2D eigenvalue weighted by Gasteiger charge is 2.47. The van der Waals surface area contributed by atoms with E-state index >= 15 is 0 Å². The van der Waals surface area contributed by atoms with E-state index in [2.05, 4.69) is 0 Å². The third kappa shape index (κ3) is 2.77. The molecule has 1 aromatic rings. The van der Waals surface area contributed by atoms with E-state index in [1.165, 1.54) is 32.1 Å². The normalized spacial score (nSPS) is 26.6. The van der Waals surface area contributed by atoms with Crippen LogP contribution >= 0.6 is 0 Å². The van der Waals surface area contributed by atoms with Crippen LogP contribution in [0.1, 0.15) is 38.5 Å². The first-order valence-corrected chi connectivity index (χ1v) is 7.86. The highest BCUT2D eigenvalue weighted by Crippen LogP contribution is 2.36. The summed E-state index contributed by atoms with van der Waals surface area (Å²) < 4.78 is 5.14. The number of β-lactam (4-membered cyclic amide) rings is 1. The van der Waals surface area contributed by atoms with E-state index in [0.717, 1.165) is 17.9 Å². The summed E-state index contributed by atoms with van der Waals surface area (Å²) in [6, 6.07) is 7.41. The fraction of sp³-hybridized carbons (Fsp3) is 0.588. The zero-order valence-corrected chi connectivity index (χ0v) is 12.5. The molecule has 0 spiro atoms. The average Bonchev–Trinajstić information content (AvgIpc) is 2.55. The van der Waals surface area contributed by atoms with E-state index < -0.39 is 6.10 Å². The Bertz CT molecular complexity index is 493. The van der Waals surface area contributed by atoms with Crippen molar-refractivity contribution in [2.45, 2.75) is 50.7 Å². The van der Waals surface area contributed by atoms with Crippen molar-refractivity contribution in [1.82, 2.24) is 0 Å². The Morgan fingerprint density at radius 1 is 1.19 bits per heavy atom. The summed E-state index contributed by atoms with van der Waals surface area (Å²) in [7, 11) is 1.62. The lowest BCUT2D eigenvalue weighted by atomic mass is 9.80. The van der Waals surface area contributed by atoms with E-state index in [1.807, 2.05) is 24.3 Å². The van der Waals surface area contributed by atoms with E-state index in [1.54, 1.807) is 12.0 Å². The molecule has 2 atom stereocenters. The monoisotopic (exact) mass is 289 g/mol. The number of methoxy groups -OCH3 is 1. The van der Waals surface area contributed by atoms with Crippen LogP contribution in [-0.2, 0) is 4.79 Å². The lowest BCUT2D eigenvalue weighted by Crippen LogP contribution is -2.65. The van der Waals surface area contributed by atoms with Gasteiger partial charge in [-0.3, -0.25) is 4.79 Å². The van der Waals surface area contributed by atoms with Crippen LogP contribution in [-0.4, -0.2) is 30.3 Å². The van der Waals surface area contributed by atoms with Gasteiger partial charge in [0.1, 0.15) is 5.75 Å².